The van der Waals surface area contributed by atoms with Gasteiger partial charge in [0.05, 0.1) is 5.41 Å². The van der Waals surface area contributed by atoms with Crippen LogP contribution in [0.1, 0.15) is 43.7 Å². The molecule has 1 amide bonds. The van der Waals surface area contributed by atoms with Gasteiger partial charge in [0.25, 0.3) is 0 Å². The minimum absolute atomic E-state index is 0.158. The first-order valence-electron chi connectivity index (χ1n) is 7.05. The highest BCUT2D eigenvalue weighted by molar-refractivity contribution is 5.98. The van der Waals surface area contributed by atoms with E-state index in [9.17, 15) is 4.79 Å². The Morgan fingerprint density at radius 2 is 2.05 bits per heavy atom. The molecule has 0 radical (unpaired) electrons. The zero-order valence-corrected chi connectivity index (χ0v) is 12.3. The van der Waals surface area contributed by atoms with E-state index in [1.165, 1.54) is 5.56 Å². The van der Waals surface area contributed by atoms with E-state index in [0.717, 1.165) is 30.6 Å². The van der Waals surface area contributed by atoms with Crippen LogP contribution < -0.4 is 10.6 Å². The molecule has 0 aliphatic heterocycles. The van der Waals surface area contributed by atoms with E-state index in [1.54, 1.807) is 0 Å². The molecule has 3 nitrogen and oxygen atoms in total. The Balaban J connectivity index is 2.14. The average molecular weight is 260 g/mol. The van der Waals surface area contributed by atoms with Crippen LogP contribution in [0, 0.1) is 12.3 Å². The monoisotopic (exact) mass is 260 g/mol. The van der Waals surface area contributed by atoms with Gasteiger partial charge in [-0.25, -0.2) is 0 Å². The van der Waals surface area contributed by atoms with Crippen molar-refractivity contribution in [1.29, 1.82) is 0 Å². The van der Waals surface area contributed by atoms with Crippen LogP contribution in [0.2, 0.25) is 0 Å². The molecule has 1 aliphatic carbocycles. The third-order valence-electron chi connectivity index (χ3n) is 4.03. The number of hydrogen-bond acceptors (Lipinski definition) is 2. The molecule has 0 spiro atoms. The molecule has 1 aromatic carbocycles. The van der Waals surface area contributed by atoms with E-state index in [-0.39, 0.29) is 11.3 Å². The third-order valence-corrected chi connectivity index (χ3v) is 4.03. The topological polar surface area (TPSA) is 41.1 Å². The lowest BCUT2D eigenvalue weighted by molar-refractivity contribution is -0.120. The molecule has 19 heavy (non-hydrogen) atoms. The predicted molar refractivity (Wildman–Crippen MR) is 79.5 cm³/mol. The minimum Gasteiger partial charge on any atom is -0.325 e. The van der Waals surface area contributed by atoms with Gasteiger partial charge >= 0.3 is 0 Å². The molecular weight excluding hydrogens is 236 g/mol. The van der Waals surface area contributed by atoms with Crippen LogP contribution >= 0.6 is 0 Å². The third kappa shape index (κ3) is 2.98. The van der Waals surface area contributed by atoms with Gasteiger partial charge in [-0.3, -0.25) is 4.79 Å². The smallest absolute Gasteiger partial charge is 0.231 e. The van der Waals surface area contributed by atoms with Crippen LogP contribution in [-0.2, 0) is 4.79 Å². The first kappa shape index (κ1) is 14.1. The summed E-state index contributed by atoms with van der Waals surface area (Å²) in [7, 11) is 1.90. The second-order valence-electron chi connectivity index (χ2n) is 5.99. The molecule has 0 unspecified atom stereocenters. The van der Waals surface area contributed by atoms with E-state index in [4.69, 9.17) is 0 Å². The number of carbonyl (C=O) groups excluding carboxylic acids is 1. The van der Waals surface area contributed by atoms with Gasteiger partial charge in [-0.1, -0.05) is 26.0 Å². The van der Waals surface area contributed by atoms with Crippen molar-refractivity contribution >= 4 is 11.6 Å². The molecule has 2 N–H and O–H groups in total. The van der Waals surface area contributed by atoms with Crippen molar-refractivity contribution in [2.75, 3.05) is 18.9 Å². The number of aryl methyl sites for hydroxylation is 1. The Morgan fingerprint density at radius 1 is 1.37 bits per heavy atom. The van der Waals surface area contributed by atoms with Crippen molar-refractivity contribution in [2.45, 2.75) is 39.5 Å². The van der Waals surface area contributed by atoms with E-state index in [0.29, 0.717) is 5.92 Å². The minimum atomic E-state index is -0.172. The summed E-state index contributed by atoms with van der Waals surface area (Å²) in [6.07, 6.45) is 1.98. The molecule has 2 rings (SSSR count). The first-order chi connectivity index (χ1) is 8.98. The van der Waals surface area contributed by atoms with Gasteiger partial charge in [-0.15, -0.1) is 0 Å². The van der Waals surface area contributed by atoms with Crippen LogP contribution in [0.4, 0.5) is 5.69 Å². The van der Waals surface area contributed by atoms with Crippen LogP contribution in [0.3, 0.4) is 0 Å². The fourth-order valence-electron chi connectivity index (χ4n) is 2.36. The summed E-state index contributed by atoms with van der Waals surface area (Å²) in [5.74, 6) is 0.634. The maximum atomic E-state index is 12.4. The van der Waals surface area contributed by atoms with Crippen LogP contribution in [-0.4, -0.2) is 19.5 Å². The normalized spacial score (nSPS) is 16.5. The summed E-state index contributed by atoms with van der Waals surface area (Å²) in [5.41, 5.74) is 3.17. The zero-order chi connectivity index (χ0) is 14.0. The van der Waals surface area contributed by atoms with E-state index in [1.807, 2.05) is 14.0 Å². The molecule has 0 atom stereocenters. The lowest BCUT2D eigenvalue weighted by Crippen LogP contribution is -2.32. The molecule has 1 aromatic rings. The Bertz CT molecular complexity index is 476. The summed E-state index contributed by atoms with van der Waals surface area (Å²) >= 11 is 0. The summed E-state index contributed by atoms with van der Waals surface area (Å²) in [4.78, 5) is 12.4. The molecule has 0 heterocycles. The predicted octanol–water partition coefficient (Wildman–Crippen LogP) is 3.06. The fraction of sp³-hybridized carbons (Fsp3) is 0.562. The van der Waals surface area contributed by atoms with Gasteiger partial charge in [0.15, 0.2) is 0 Å². The van der Waals surface area contributed by atoms with Crippen LogP contribution in [0.5, 0.6) is 0 Å². The second-order valence-corrected chi connectivity index (χ2v) is 5.99. The van der Waals surface area contributed by atoms with Gasteiger partial charge in [0.2, 0.25) is 5.91 Å². The molecular formula is C16H24N2O. The molecule has 0 bridgehead atoms. The maximum Gasteiger partial charge on any atom is 0.231 e. The summed E-state index contributed by atoms with van der Waals surface area (Å²) in [5, 5.41) is 6.23. The average Bonchev–Trinajstić information content (AvgIpc) is 3.13. The highest BCUT2D eigenvalue weighted by Crippen LogP contribution is 2.46. The maximum absolute atomic E-state index is 12.4. The summed E-state index contributed by atoms with van der Waals surface area (Å²) in [6.45, 7) is 7.14. The molecule has 1 aliphatic rings. The Hall–Kier alpha value is -1.35. The van der Waals surface area contributed by atoms with Gasteiger partial charge in [0.1, 0.15) is 0 Å². The highest BCUT2D eigenvalue weighted by Gasteiger charge is 2.49. The largest absolute Gasteiger partial charge is 0.325 e. The zero-order valence-electron chi connectivity index (χ0n) is 12.3. The van der Waals surface area contributed by atoms with Gasteiger partial charge < -0.3 is 10.6 Å². The second kappa shape index (κ2) is 5.33. The number of anilines is 1. The van der Waals surface area contributed by atoms with Crippen molar-refractivity contribution in [3.05, 3.63) is 29.3 Å². The Morgan fingerprint density at radius 3 is 2.58 bits per heavy atom. The summed E-state index contributed by atoms with van der Waals surface area (Å²) < 4.78 is 0. The highest BCUT2D eigenvalue weighted by atomic mass is 16.2. The number of rotatable bonds is 5. The number of nitrogens with one attached hydrogen (secondary N) is 2. The quantitative estimate of drug-likeness (QED) is 0.854. The molecule has 1 fully saturated rings. The molecule has 104 valence electrons. The number of hydrogen-bond donors (Lipinski definition) is 2. The fourth-order valence-corrected chi connectivity index (χ4v) is 2.36. The lowest BCUT2D eigenvalue weighted by Gasteiger charge is -2.17. The van der Waals surface area contributed by atoms with Crippen molar-refractivity contribution in [1.82, 2.24) is 5.32 Å². The van der Waals surface area contributed by atoms with Crippen molar-refractivity contribution in [2.24, 2.45) is 5.41 Å². The number of benzene rings is 1. The molecule has 3 heteroatoms. The van der Waals surface area contributed by atoms with E-state index >= 15 is 0 Å². The molecule has 0 aromatic heterocycles. The SMILES string of the molecule is CNCC1(C(=O)Nc2cc(C(C)C)ccc2C)CC1. The number of amides is 1. The molecule has 1 saturated carbocycles. The van der Waals surface area contributed by atoms with Crippen molar-refractivity contribution < 1.29 is 4.79 Å². The lowest BCUT2D eigenvalue weighted by atomic mass is 10.00. The van der Waals surface area contributed by atoms with Gasteiger partial charge in [-0.05, 0) is 49.9 Å². The van der Waals surface area contributed by atoms with E-state index < -0.39 is 0 Å². The first-order valence-corrected chi connectivity index (χ1v) is 7.05. The van der Waals surface area contributed by atoms with Gasteiger partial charge in [0, 0.05) is 12.2 Å². The molecule has 0 saturated heterocycles. The van der Waals surface area contributed by atoms with Gasteiger partial charge in [-0.2, -0.15) is 0 Å². The Labute approximate surface area is 115 Å². The van der Waals surface area contributed by atoms with Crippen molar-refractivity contribution in [3.8, 4) is 0 Å². The standard InChI is InChI=1S/C16H24N2O/c1-11(2)13-6-5-12(3)14(9-13)18-15(19)16(7-8-16)10-17-4/h5-6,9,11,17H,7-8,10H2,1-4H3,(H,18,19). The van der Waals surface area contributed by atoms with Crippen molar-refractivity contribution in [3.63, 3.8) is 0 Å². The van der Waals surface area contributed by atoms with E-state index in [2.05, 4.69) is 42.7 Å². The van der Waals surface area contributed by atoms with Crippen LogP contribution in [0.25, 0.3) is 0 Å². The summed E-state index contributed by atoms with van der Waals surface area (Å²) in [6, 6.07) is 6.33. The Kier molecular flexibility index (Phi) is 3.95. The van der Waals surface area contributed by atoms with Crippen LogP contribution in [0.15, 0.2) is 18.2 Å². The number of carbonyl (C=O) groups is 1.